The largest absolute Gasteiger partial charge is 0.481 e. The van der Waals surface area contributed by atoms with Crippen LogP contribution < -0.4 is 0 Å². The molecule has 0 aromatic rings. The Morgan fingerprint density at radius 2 is 2.06 bits per heavy atom. The lowest BCUT2D eigenvalue weighted by atomic mass is 9.84. The Kier molecular flexibility index (Phi) is 3.32. The van der Waals surface area contributed by atoms with Crippen molar-refractivity contribution in [1.29, 1.82) is 0 Å². The lowest BCUT2D eigenvalue weighted by Gasteiger charge is -2.49. The number of nitrogens with zero attached hydrogens (tertiary/aromatic N) is 1. The molecule has 102 valence electrons. The molecule has 2 saturated heterocycles. The van der Waals surface area contributed by atoms with Gasteiger partial charge in [-0.3, -0.25) is 9.69 Å². The van der Waals surface area contributed by atoms with E-state index in [-0.39, 0.29) is 5.60 Å². The van der Waals surface area contributed by atoms with Crippen molar-refractivity contribution in [3.8, 4) is 0 Å². The Labute approximate surface area is 108 Å². The van der Waals surface area contributed by atoms with E-state index in [2.05, 4.69) is 4.90 Å². The number of carboxylic acids is 1. The molecule has 3 rings (SSSR count). The summed E-state index contributed by atoms with van der Waals surface area (Å²) in [5.41, 5.74) is 0.181. The van der Waals surface area contributed by atoms with Crippen molar-refractivity contribution < 1.29 is 14.6 Å². The van der Waals surface area contributed by atoms with Crippen LogP contribution in [0.1, 0.15) is 44.9 Å². The maximum Gasteiger partial charge on any atom is 0.303 e. The smallest absolute Gasteiger partial charge is 0.303 e. The van der Waals surface area contributed by atoms with E-state index in [9.17, 15) is 4.79 Å². The number of aliphatic carboxylic acids is 1. The van der Waals surface area contributed by atoms with Gasteiger partial charge in [-0.1, -0.05) is 12.8 Å². The van der Waals surface area contributed by atoms with E-state index in [0.717, 1.165) is 26.1 Å². The molecule has 1 atom stereocenters. The molecule has 2 heterocycles. The molecule has 0 aromatic carbocycles. The van der Waals surface area contributed by atoms with E-state index < -0.39 is 5.97 Å². The molecule has 1 aliphatic carbocycles. The van der Waals surface area contributed by atoms with Crippen LogP contribution in [0.3, 0.4) is 0 Å². The second-order valence-corrected chi connectivity index (χ2v) is 6.30. The standard InChI is InChI=1S/C14H23NO3/c16-13(17)7-11-9-15(10-11)12-3-6-18-14(8-12)4-1-2-5-14/h11-12H,1-10H2,(H,16,17). The van der Waals surface area contributed by atoms with E-state index in [1.54, 1.807) is 0 Å². The molecule has 4 nitrogen and oxygen atoms in total. The van der Waals surface area contributed by atoms with E-state index in [4.69, 9.17) is 9.84 Å². The predicted molar refractivity (Wildman–Crippen MR) is 67.5 cm³/mol. The topological polar surface area (TPSA) is 49.8 Å². The first kappa shape index (κ1) is 12.4. The van der Waals surface area contributed by atoms with Crippen molar-refractivity contribution in [3.05, 3.63) is 0 Å². The molecule has 0 aromatic heterocycles. The Morgan fingerprint density at radius 3 is 2.72 bits per heavy atom. The molecular weight excluding hydrogens is 230 g/mol. The first-order valence-corrected chi connectivity index (χ1v) is 7.27. The molecule has 1 unspecified atom stereocenters. The van der Waals surface area contributed by atoms with Crippen LogP contribution in [0.25, 0.3) is 0 Å². The molecule has 1 saturated carbocycles. The minimum absolute atomic E-state index is 0.181. The van der Waals surface area contributed by atoms with Crippen LogP contribution in [0.2, 0.25) is 0 Å². The van der Waals surface area contributed by atoms with Gasteiger partial charge in [-0.2, -0.15) is 0 Å². The fraction of sp³-hybridized carbons (Fsp3) is 0.929. The number of rotatable bonds is 3. The molecule has 3 fully saturated rings. The third-order valence-corrected chi connectivity index (χ3v) is 4.95. The van der Waals surface area contributed by atoms with E-state index in [0.29, 0.717) is 18.4 Å². The number of carbonyl (C=O) groups is 1. The number of hydrogen-bond acceptors (Lipinski definition) is 3. The van der Waals surface area contributed by atoms with E-state index in [1.165, 1.54) is 32.1 Å². The SMILES string of the molecule is O=C(O)CC1CN(C2CCOC3(CCCC3)C2)C1. The fourth-order valence-electron chi connectivity index (χ4n) is 3.97. The van der Waals surface area contributed by atoms with Crippen LogP contribution in [0.5, 0.6) is 0 Å². The summed E-state index contributed by atoms with van der Waals surface area (Å²) in [5, 5.41) is 8.77. The molecule has 0 radical (unpaired) electrons. The van der Waals surface area contributed by atoms with Crippen LogP contribution >= 0.6 is 0 Å². The fourth-order valence-corrected chi connectivity index (χ4v) is 3.97. The van der Waals surface area contributed by atoms with Gasteiger partial charge in [-0.25, -0.2) is 0 Å². The molecular formula is C14H23NO3. The molecule has 3 aliphatic rings. The quantitative estimate of drug-likeness (QED) is 0.834. The van der Waals surface area contributed by atoms with Gasteiger partial charge in [0.15, 0.2) is 0 Å². The van der Waals surface area contributed by atoms with Gasteiger partial charge in [-0.05, 0) is 31.6 Å². The Morgan fingerprint density at radius 1 is 1.33 bits per heavy atom. The zero-order chi connectivity index (χ0) is 12.6. The summed E-state index contributed by atoms with van der Waals surface area (Å²) in [6.07, 6.45) is 7.73. The first-order valence-electron chi connectivity index (χ1n) is 7.27. The molecule has 1 N–H and O–H groups in total. The van der Waals surface area contributed by atoms with Gasteiger partial charge in [0.25, 0.3) is 0 Å². The average Bonchev–Trinajstić information content (AvgIpc) is 2.71. The van der Waals surface area contributed by atoms with Crippen molar-refractivity contribution in [2.75, 3.05) is 19.7 Å². The minimum Gasteiger partial charge on any atom is -0.481 e. The highest BCUT2D eigenvalue weighted by molar-refractivity contribution is 5.67. The number of likely N-dealkylation sites (tertiary alicyclic amines) is 1. The van der Waals surface area contributed by atoms with Crippen LogP contribution in [0.4, 0.5) is 0 Å². The number of carboxylic acid groups (broad SMARTS) is 1. The minimum atomic E-state index is -0.654. The molecule has 0 amide bonds. The van der Waals surface area contributed by atoms with Crippen molar-refractivity contribution in [1.82, 2.24) is 4.90 Å². The van der Waals surface area contributed by atoms with Crippen molar-refractivity contribution >= 4 is 5.97 Å². The van der Waals surface area contributed by atoms with Gasteiger partial charge in [0.1, 0.15) is 0 Å². The van der Waals surface area contributed by atoms with Crippen LogP contribution in [0, 0.1) is 5.92 Å². The third-order valence-electron chi connectivity index (χ3n) is 4.95. The van der Waals surface area contributed by atoms with Gasteiger partial charge in [-0.15, -0.1) is 0 Å². The monoisotopic (exact) mass is 253 g/mol. The highest BCUT2D eigenvalue weighted by atomic mass is 16.5. The summed E-state index contributed by atoms with van der Waals surface area (Å²) < 4.78 is 6.05. The third kappa shape index (κ3) is 2.41. The van der Waals surface area contributed by atoms with Gasteiger partial charge in [0.2, 0.25) is 0 Å². The van der Waals surface area contributed by atoms with Crippen molar-refractivity contribution in [2.45, 2.75) is 56.6 Å². The normalized spacial score (nSPS) is 32.6. The second-order valence-electron chi connectivity index (χ2n) is 6.30. The summed E-state index contributed by atoms with van der Waals surface area (Å²) >= 11 is 0. The lowest BCUT2D eigenvalue weighted by Crippen LogP contribution is -2.56. The number of hydrogen-bond donors (Lipinski definition) is 1. The Balaban J connectivity index is 1.50. The highest BCUT2D eigenvalue weighted by Gasteiger charge is 2.43. The molecule has 18 heavy (non-hydrogen) atoms. The first-order chi connectivity index (χ1) is 8.67. The Bertz CT molecular complexity index is 319. The van der Waals surface area contributed by atoms with Crippen LogP contribution in [-0.2, 0) is 9.53 Å². The summed E-state index contributed by atoms with van der Waals surface area (Å²) in [6.45, 7) is 2.85. The van der Waals surface area contributed by atoms with Gasteiger partial charge in [0.05, 0.1) is 12.0 Å². The zero-order valence-electron chi connectivity index (χ0n) is 10.9. The van der Waals surface area contributed by atoms with Gasteiger partial charge in [0, 0.05) is 25.7 Å². The van der Waals surface area contributed by atoms with Crippen LogP contribution in [-0.4, -0.2) is 47.3 Å². The Hall–Kier alpha value is -0.610. The van der Waals surface area contributed by atoms with Crippen LogP contribution in [0.15, 0.2) is 0 Å². The second kappa shape index (κ2) is 4.82. The summed E-state index contributed by atoms with van der Waals surface area (Å²) in [7, 11) is 0. The zero-order valence-corrected chi connectivity index (χ0v) is 10.9. The lowest BCUT2D eigenvalue weighted by molar-refractivity contribution is -0.142. The highest BCUT2D eigenvalue weighted by Crippen LogP contribution is 2.42. The maximum absolute atomic E-state index is 10.7. The molecule has 4 heteroatoms. The van der Waals surface area contributed by atoms with Gasteiger partial charge >= 0.3 is 5.97 Å². The molecule has 0 bridgehead atoms. The summed E-state index contributed by atoms with van der Waals surface area (Å²) in [5.74, 6) is -0.274. The molecule has 1 spiro atoms. The van der Waals surface area contributed by atoms with Gasteiger partial charge < -0.3 is 9.84 Å². The molecule has 2 aliphatic heterocycles. The average molecular weight is 253 g/mol. The van der Waals surface area contributed by atoms with E-state index in [1.807, 2.05) is 0 Å². The van der Waals surface area contributed by atoms with Crippen molar-refractivity contribution in [2.24, 2.45) is 5.92 Å². The predicted octanol–water partition coefficient (Wildman–Crippen LogP) is 1.88. The van der Waals surface area contributed by atoms with Crippen molar-refractivity contribution in [3.63, 3.8) is 0 Å². The summed E-state index contributed by atoms with van der Waals surface area (Å²) in [4.78, 5) is 13.1. The maximum atomic E-state index is 10.7. The van der Waals surface area contributed by atoms with E-state index >= 15 is 0 Å². The summed E-state index contributed by atoms with van der Waals surface area (Å²) in [6, 6.07) is 0.641. The number of ether oxygens (including phenoxy) is 1.